The topological polar surface area (TPSA) is 237 Å². The lowest BCUT2D eigenvalue weighted by atomic mass is 9.67. The van der Waals surface area contributed by atoms with Crippen LogP contribution in [-0.2, 0) is 35.4 Å². The van der Waals surface area contributed by atoms with E-state index in [0.29, 0.717) is 66.7 Å². The zero-order valence-corrected chi connectivity index (χ0v) is 33.9. The molecule has 0 saturated heterocycles. The van der Waals surface area contributed by atoms with E-state index >= 15 is 0 Å². The van der Waals surface area contributed by atoms with Gasteiger partial charge in [-0.2, -0.15) is 0 Å². The minimum atomic E-state index is -1.32. The van der Waals surface area contributed by atoms with E-state index in [1.165, 1.54) is 0 Å². The van der Waals surface area contributed by atoms with E-state index in [0.717, 1.165) is 22.8 Å². The number of aromatic nitrogens is 2. The highest BCUT2D eigenvalue weighted by Crippen LogP contribution is 2.58. The maximum absolute atomic E-state index is 14.2. The number of allylic oxidation sites excluding steroid dienone is 1. The fourth-order valence-electron chi connectivity index (χ4n) is 9.90. The number of ether oxygens (including phenoxy) is 2. The Hall–Kier alpha value is -5.96. The maximum Gasteiger partial charge on any atom is 0.334 e. The number of aliphatic hydroxyl groups is 2. The number of aromatic hydroxyl groups is 2. The van der Waals surface area contributed by atoms with Crippen molar-refractivity contribution in [3.63, 3.8) is 0 Å². The number of phenolic OH excluding ortho intramolecular Hbond substituents is 2. The number of nitrogen functional groups attached to an aromatic ring is 2. The van der Waals surface area contributed by atoms with E-state index in [9.17, 15) is 30.0 Å². The predicted octanol–water partition coefficient (Wildman–Crippen LogP) is 5.01. The SMILES string of the molecule is CC=C(CCNC)C(=O)OC1Cc2c3c(c4oc(CO)cc(=O)c4c2O)C2c4ccnc(N)c4C(CCc4ccc(O)cc4C2CO)CC(Cc2ccc(N)nc2)C1(C)O3. The van der Waals surface area contributed by atoms with Gasteiger partial charge in [0.1, 0.15) is 63.9 Å². The number of nitrogens with zero attached hydrogens (tertiary/aromatic N) is 2. The normalized spacial score (nSPS) is 23.4. The molecule has 60 heavy (non-hydrogen) atoms. The quantitative estimate of drug-likeness (QED) is 0.0765. The number of fused-ring (bicyclic) bond motifs is 5. The summed E-state index contributed by atoms with van der Waals surface area (Å²) >= 11 is 0. The lowest BCUT2D eigenvalue weighted by molar-refractivity contribution is -0.165. The zero-order chi connectivity index (χ0) is 42.5. The summed E-state index contributed by atoms with van der Waals surface area (Å²) in [7, 11) is 1.80. The third-order valence-corrected chi connectivity index (χ3v) is 13.0. The van der Waals surface area contributed by atoms with Crippen LogP contribution in [0.5, 0.6) is 17.2 Å². The average molecular weight is 818 g/mol. The zero-order valence-electron chi connectivity index (χ0n) is 33.9. The van der Waals surface area contributed by atoms with Crippen LogP contribution in [0.15, 0.2) is 75.7 Å². The van der Waals surface area contributed by atoms with Gasteiger partial charge in [0.25, 0.3) is 0 Å². The van der Waals surface area contributed by atoms with Gasteiger partial charge in [0.05, 0.1) is 6.61 Å². The first-order chi connectivity index (χ1) is 28.9. The first-order valence-corrected chi connectivity index (χ1v) is 20.4. The van der Waals surface area contributed by atoms with Crippen molar-refractivity contribution in [1.29, 1.82) is 0 Å². The summed E-state index contributed by atoms with van der Waals surface area (Å²) in [6.45, 7) is 3.20. The van der Waals surface area contributed by atoms with E-state index < -0.39 is 59.8 Å². The number of pyridine rings is 2. The molecule has 14 heteroatoms. The highest BCUT2D eigenvalue weighted by molar-refractivity contribution is 5.92. The molecule has 3 aromatic heterocycles. The number of aryl methyl sites for hydroxylation is 1. The van der Waals surface area contributed by atoms with Crippen LogP contribution in [-0.4, -0.2) is 68.3 Å². The molecule has 6 atom stereocenters. The maximum atomic E-state index is 14.2. The molecule has 0 amide bonds. The molecule has 0 spiro atoms. The van der Waals surface area contributed by atoms with Crippen LogP contribution >= 0.6 is 0 Å². The van der Waals surface area contributed by atoms with Crippen LogP contribution in [0.2, 0.25) is 0 Å². The number of nitrogens with two attached hydrogens (primary N) is 2. The van der Waals surface area contributed by atoms with Crippen LogP contribution in [0.25, 0.3) is 11.0 Å². The number of nitrogens with one attached hydrogen (secondary N) is 1. The molecule has 2 aliphatic heterocycles. The number of benzene rings is 2. The Bertz CT molecular complexity index is 2560. The fraction of sp³-hybridized carbons (Fsp3) is 0.391. The number of anilines is 2. The van der Waals surface area contributed by atoms with Crippen molar-refractivity contribution in [2.75, 3.05) is 31.7 Å². The van der Waals surface area contributed by atoms with Crippen LogP contribution in [0.1, 0.15) is 95.6 Å². The number of carbonyl (C=O) groups is 1. The van der Waals surface area contributed by atoms with Gasteiger partial charge >= 0.3 is 5.97 Å². The molecule has 14 nitrogen and oxygen atoms in total. The molecule has 1 aliphatic carbocycles. The third-order valence-electron chi connectivity index (χ3n) is 13.0. The second-order valence-electron chi connectivity index (χ2n) is 16.4. The number of phenols is 2. The molecule has 314 valence electrons. The van der Waals surface area contributed by atoms with E-state index in [1.54, 1.807) is 50.6 Å². The first kappa shape index (κ1) is 40.8. The number of rotatable bonds is 9. The van der Waals surface area contributed by atoms with Crippen LogP contribution < -0.4 is 26.9 Å². The van der Waals surface area contributed by atoms with Gasteiger partial charge in [-0.3, -0.25) is 4.79 Å². The van der Waals surface area contributed by atoms with Crippen molar-refractivity contribution >= 4 is 28.6 Å². The van der Waals surface area contributed by atoms with Gasteiger partial charge in [0, 0.05) is 64.9 Å². The Labute approximate surface area is 346 Å². The second-order valence-corrected chi connectivity index (χ2v) is 16.4. The summed E-state index contributed by atoms with van der Waals surface area (Å²) in [6, 6.07) is 11.8. The summed E-state index contributed by atoms with van der Waals surface area (Å²) < 4.78 is 20.4. The minimum Gasteiger partial charge on any atom is -0.508 e. The Balaban J connectivity index is 1.50. The van der Waals surface area contributed by atoms with Crippen molar-refractivity contribution in [2.45, 2.75) is 88.4 Å². The number of hydrogen-bond donors (Lipinski definition) is 7. The first-order valence-electron chi connectivity index (χ1n) is 20.4. The third kappa shape index (κ3) is 7.01. The number of carbonyl (C=O) groups excluding carboxylic acids is 1. The fourth-order valence-corrected chi connectivity index (χ4v) is 9.90. The van der Waals surface area contributed by atoms with Gasteiger partial charge in [-0.25, -0.2) is 14.8 Å². The smallest absolute Gasteiger partial charge is 0.334 e. The number of hydrogen-bond acceptors (Lipinski definition) is 14. The molecule has 4 bridgehead atoms. The molecule has 5 aromatic rings. The van der Waals surface area contributed by atoms with E-state index in [1.807, 2.05) is 25.1 Å². The Morgan fingerprint density at radius 2 is 1.90 bits per heavy atom. The van der Waals surface area contributed by atoms with Gasteiger partial charge in [-0.05, 0) is 112 Å². The molecule has 2 aromatic carbocycles. The molecule has 0 saturated carbocycles. The molecule has 9 N–H and O–H groups in total. The average Bonchev–Trinajstić information content (AvgIpc) is 3.28. The molecule has 0 radical (unpaired) electrons. The van der Waals surface area contributed by atoms with Gasteiger partial charge in [0.2, 0.25) is 0 Å². The Morgan fingerprint density at radius 3 is 2.62 bits per heavy atom. The highest BCUT2D eigenvalue weighted by atomic mass is 16.6. The second kappa shape index (κ2) is 16.2. The van der Waals surface area contributed by atoms with Crippen molar-refractivity contribution in [1.82, 2.24) is 15.3 Å². The summed E-state index contributed by atoms with van der Waals surface area (Å²) in [5.41, 5.74) is 15.9. The minimum absolute atomic E-state index is 0.00749. The Kier molecular flexibility index (Phi) is 11.0. The van der Waals surface area contributed by atoms with E-state index in [2.05, 4.69) is 15.3 Å². The number of esters is 1. The van der Waals surface area contributed by atoms with Gasteiger partial charge in [-0.1, -0.05) is 18.2 Å². The number of aliphatic hydroxyl groups excluding tert-OH is 2. The molecule has 8 rings (SSSR count). The molecular weight excluding hydrogens is 767 g/mol. The van der Waals surface area contributed by atoms with Crippen molar-refractivity contribution in [3.8, 4) is 17.2 Å². The molecule has 3 aliphatic rings. The summed E-state index contributed by atoms with van der Waals surface area (Å²) in [4.78, 5) is 37.3. The van der Waals surface area contributed by atoms with Crippen molar-refractivity contribution in [3.05, 3.63) is 121 Å². The standard InChI is InChI=1S/C46H51N5O9/c1-4-24(11-13-49-3)45(57)59-35-19-32-41(56)39-34(55)18-29(21-52)58-43(39)40-38-30-12-14-50-44(48)37(30)26(7-6-25-8-9-28(54)17-31(25)33(38)22-53)16-27(46(35,2)60-42(32)40)15-23-5-10-36(47)51-20-23/h4-5,8-10,12,14,17-18,20,26-27,33,35,38,49,52-54,56H,6-7,11,13,15-16,19,21-22H2,1-3H3,(H2,47,51)(H2,48,50). The van der Waals surface area contributed by atoms with E-state index in [-0.39, 0.29) is 51.9 Å². The van der Waals surface area contributed by atoms with Crippen LogP contribution in [0, 0.1) is 5.92 Å². The molecule has 6 unspecified atom stereocenters. The molecule has 5 heterocycles. The summed E-state index contributed by atoms with van der Waals surface area (Å²) in [6.07, 6.45) is 6.41. The summed E-state index contributed by atoms with van der Waals surface area (Å²) in [5, 5.41) is 48.1. The van der Waals surface area contributed by atoms with Gasteiger partial charge < -0.3 is 51.1 Å². The molecular formula is C46H51N5O9. The monoisotopic (exact) mass is 817 g/mol. The lowest BCUT2D eigenvalue weighted by Gasteiger charge is -2.49. The largest absolute Gasteiger partial charge is 0.508 e. The molecule has 0 fully saturated rings. The highest BCUT2D eigenvalue weighted by Gasteiger charge is 2.54. The van der Waals surface area contributed by atoms with Crippen molar-refractivity contribution in [2.24, 2.45) is 5.92 Å². The lowest BCUT2D eigenvalue weighted by Crippen LogP contribution is -2.57. The van der Waals surface area contributed by atoms with Gasteiger partial charge in [-0.15, -0.1) is 0 Å². The summed E-state index contributed by atoms with van der Waals surface area (Å²) in [5.74, 6) is -2.51. The van der Waals surface area contributed by atoms with Crippen molar-refractivity contribution < 1.29 is 39.1 Å². The van der Waals surface area contributed by atoms with Gasteiger partial charge in [0.15, 0.2) is 5.43 Å². The van der Waals surface area contributed by atoms with E-state index in [4.69, 9.17) is 25.4 Å². The predicted molar refractivity (Wildman–Crippen MR) is 225 cm³/mol. The Morgan fingerprint density at radius 1 is 1.08 bits per heavy atom. The van der Waals surface area contributed by atoms with Crippen LogP contribution in [0.4, 0.5) is 11.6 Å². The van der Waals surface area contributed by atoms with Crippen LogP contribution in [0.3, 0.4) is 0 Å².